The van der Waals surface area contributed by atoms with Gasteiger partial charge in [-0.05, 0) is 50.8 Å². The number of nitrogens with zero attached hydrogens (tertiary/aromatic N) is 1. The highest BCUT2D eigenvalue weighted by Crippen LogP contribution is 2.30. The van der Waals surface area contributed by atoms with Crippen LogP contribution in [0.2, 0.25) is 0 Å². The summed E-state index contributed by atoms with van der Waals surface area (Å²) in [6, 6.07) is 7.55. The highest BCUT2D eigenvalue weighted by atomic mass is 15.2. The maximum Gasteiger partial charge on any atom is 0.0403 e. The van der Waals surface area contributed by atoms with Crippen LogP contribution >= 0.6 is 0 Å². The van der Waals surface area contributed by atoms with Crippen LogP contribution in [0, 0.1) is 6.92 Å². The molecule has 1 aliphatic heterocycles. The smallest absolute Gasteiger partial charge is 0.0403 e. The molecule has 0 spiro atoms. The third kappa shape index (κ3) is 1.52. The minimum Gasteiger partial charge on any atom is -0.369 e. The number of fused-ring (bicyclic) bond motifs is 1. The van der Waals surface area contributed by atoms with E-state index in [4.69, 9.17) is 0 Å². The van der Waals surface area contributed by atoms with Gasteiger partial charge < -0.3 is 4.90 Å². The third-order valence-electron chi connectivity index (χ3n) is 3.25. The Bertz CT molecular complexity index is 330. The number of benzene rings is 1. The minimum atomic E-state index is 0.703. The zero-order valence-electron chi connectivity index (χ0n) is 9.38. The van der Waals surface area contributed by atoms with E-state index in [1.807, 2.05) is 0 Å². The largest absolute Gasteiger partial charge is 0.369 e. The first-order chi connectivity index (χ1) is 6.72. The molecule has 1 unspecified atom stereocenters. The molecule has 0 aliphatic carbocycles. The molecule has 1 aromatic rings. The molecule has 0 saturated carbocycles. The lowest BCUT2D eigenvalue weighted by atomic mass is 9.95. The summed E-state index contributed by atoms with van der Waals surface area (Å²) in [5.41, 5.74) is 4.36. The second-order valence-corrected chi connectivity index (χ2v) is 4.31. The van der Waals surface area contributed by atoms with Crippen molar-refractivity contribution in [3.63, 3.8) is 0 Å². The first-order valence-electron chi connectivity index (χ1n) is 5.58. The normalized spacial score (nSPS) is 20.8. The average molecular weight is 189 g/mol. The Morgan fingerprint density at radius 2 is 2.21 bits per heavy atom. The van der Waals surface area contributed by atoms with Crippen LogP contribution in [0.25, 0.3) is 0 Å². The van der Waals surface area contributed by atoms with Crippen molar-refractivity contribution in [2.24, 2.45) is 0 Å². The van der Waals surface area contributed by atoms with E-state index in [-0.39, 0.29) is 0 Å². The van der Waals surface area contributed by atoms with E-state index in [0.29, 0.717) is 6.04 Å². The predicted octanol–water partition coefficient (Wildman–Crippen LogP) is 3.16. The van der Waals surface area contributed by atoms with Gasteiger partial charge in [0.05, 0.1) is 0 Å². The zero-order valence-corrected chi connectivity index (χ0v) is 9.38. The van der Waals surface area contributed by atoms with Gasteiger partial charge in [-0.15, -0.1) is 0 Å². The molecule has 0 radical (unpaired) electrons. The molecule has 1 atom stereocenters. The topological polar surface area (TPSA) is 3.24 Å². The number of hydrogen-bond acceptors (Lipinski definition) is 1. The molecular formula is C13H19N. The maximum atomic E-state index is 2.52. The van der Waals surface area contributed by atoms with Gasteiger partial charge in [0.25, 0.3) is 0 Å². The minimum absolute atomic E-state index is 0.703. The van der Waals surface area contributed by atoms with Gasteiger partial charge in [0, 0.05) is 18.3 Å². The molecule has 76 valence electrons. The Hall–Kier alpha value is -0.980. The van der Waals surface area contributed by atoms with E-state index in [1.54, 1.807) is 0 Å². The number of hydrogen-bond donors (Lipinski definition) is 0. The van der Waals surface area contributed by atoms with Crippen molar-refractivity contribution in [3.05, 3.63) is 29.3 Å². The zero-order chi connectivity index (χ0) is 10.1. The highest BCUT2D eigenvalue weighted by molar-refractivity contribution is 5.57. The second kappa shape index (κ2) is 3.64. The molecule has 0 saturated heterocycles. The lowest BCUT2D eigenvalue weighted by molar-refractivity contribution is 0.572. The van der Waals surface area contributed by atoms with Crippen molar-refractivity contribution in [1.82, 2.24) is 0 Å². The SMILES string of the molecule is CCN1c2cc(C)ccc2CCC1C. The summed E-state index contributed by atoms with van der Waals surface area (Å²) < 4.78 is 0. The van der Waals surface area contributed by atoms with E-state index < -0.39 is 0 Å². The third-order valence-corrected chi connectivity index (χ3v) is 3.25. The summed E-state index contributed by atoms with van der Waals surface area (Å²) in [4.78, 5) is 2.52. The lowest BCUT2D eigenvalue weighted by Gasteiger charge is -2.36. The molecule has 1 aromatic carbocycles. The molecule has 14 heavy (non-hydrogen) atoms. The second-order valence-electron chi connectivity index (χ2n) is 4.31. The lowest BCUT2D eigenvalue weighted by Crippen LogP contribution is -2.37. The van der Waals surface area contributed by atoms with Crippen LogP contribution in [0.3, 0.4) is 0 Å². The van der Waals surface area contributed by atoms with Gasteiger partial charge in [0.15, 0.2) is 0 Å². The molecule has 0 amide bonds. The van der Waals surface area contributed by atoms with Gasteiger partial charge in [-0.2, -0.15) is 0 Å². The molecule has 1 heteroatoms. The summed E-state index contributed by atoms with van der Waals surface area (Å²) in [6.45, 7) is 7.87. The number of aryl methyl sites for hydroxylation is 2. The predicted molar refractivity (Wildman–Crippen MR) is 62.0 cm³/mol. The van der Waals surface area contributed by atoms with Crippen LogP contribution in [-0.2, 0) is 6.42 Å². The van der Waals surface area contributed by atoms with E-state index >= 15 is 0 Å². The molecule has 1 aliphatic rings. The van der Waals surface area contributed by atoms with Gasteiger partial charge in [-0.1, -0.05) is 12.1 Å². The molecule has 2 rings (SSSR count). The Kier molecular flexibility index (Phi) is 2.49. The van der Waals surface area contributed by atoms with Gasteiger partial charge in [0.2, 0.25) is 0 Å². The Morgan fingerprint density at radius 3 is 2.93 bits per heavy atom. The van der Waals surface area contributed by atoms with E-state index in [2.05, 4.69) is 43.9 Å². The first-order valence-corrected chi connectivity index (χ1v) is 5.58. The van der Waals surface area contributed by atoms with Crippen molar-refractivity contribution in [1.29, 1.82) is 0 Å². The summed E-state index contributed by atoms with van der Waals surface area (Å²) in [6.07, 6.45) is 2.54. The summed E-state index contributed by atoms with van der Waals surface area (Å²) >= 11 is 0. The van der Waals surface area contributed by atoms with Crippen LogP contribution in [0.4, 0.5) is 5.69 Å². The van der Waals surface area contributed by atoms with Crippen LogP contribution in [0.15, 0.2) is 18.2 Å². The molecule has 1 nitrogen and oxygen atoms in total. The Labute approximate surface area is 86.7 Å². The van der Waals surface area contributed by atoms with Gasteiger partial charge in [-0.25, -0.2) is 0 Å². The van der Waals surface area contributed by atoms with Gasteiger partial charge in [-0.3, -0.25) is 0 Å². The molecule has 0 aromatic heterocycles. The van der Waals surface area contributed by atoms with Crippen LogP contribution in [0.1, 0.15) is 31.4 Å². The first kappa shape index (κ1) is 9.57. The van der Waals surface area contributed by atoms with Crippen LogP contribution < -0.4 is 4.90 Å². The summed E-state index contributed by atoms with van der Waals surface area (Å²) in [7, 11) is 0. The van der Waals surface area contributed by atoms with Crippen molar-refractivity contribution < 1.29 is 0 Å². The van der Waals surface area contributed by atoms with E-state index in [9.17, 15) is 0 Å². The standard InChI is InChI=1S/C13H19N/c1-4-14-11(3)6-8-12-7-5-10(2)9-13(12)14/h5,7,9,11H,4,6,8H2,1-3H3. The average Bonchev–Trinajstić information content (AvgIpc) is 2.17. The van der Waals surface area contributed by atoms with E-state index in [1.165, 1.54) is 29.7 Å². The van der Waals surface area contributed by atoms with Crippen molar-refractivity contribution in [2.75, 3.05) is 11.4 Å². The quantitative estimate of drug-likeness (QED) is 0.656. The van der Waals surface area contributed by atoms with Crippen molar-refractivity contribution in [2.45, 2.75) is 39.7 Å². The van der Waals surface area contributed by atoms with Crippen molar-refractivity contribution >= 4 is 5.69 Å². The molecular weight excluding hydrogens is 170 g/mol. The monoisotopic (exact) mass is 189 g/mol. The number of anilines is 1. The van der Waals surface area contributed by atoms with Gasteiger partial charge in [0.1, 0.15) is 0 Å². The number of rotatable bonds is 1. The maximum absolute atomic E-state index is 2.52. The molecule has 1 heterocycles. The highest BCUT2D eigenvalue weighted by Gasteiger charge is 2.21. The van der Waals surface area contributed by atoms with Crippen molar-refractivity contribution in [3.8, 4) is 0 Å². The van der Waals surface area contributed by atoms with Gasteiger partial charge >= 0.3 is 0 Å². The summed E-state index contributed by atoms with van der Waals surface area (Å²) in [5.74, 6) is 0. The van der Waals surface area contributed by atoms with E-state index in [0.717, 1.165) is 6.54 Å². The van der Waals surface area contributed by atoms with Crippen LogP contribution in [-0.4, -0.2) is 12.6 Å². The Balaban J connectivity index is 2.43. The molecule has 0 N–H and O–H groups in total. The fourth-order valence-electron chi connectivity index (χ4n) is 2.39. The fraction of sp³-hybridized carbons (Fsp3) is 0.538. The van der Waals surface area contributed by atoms with Crippen LogP contribution in [0.5, 0.6) is 0 Å². The Morgan fingerprint density at radius 1 is 1.43 bits per heavy atom. The fourth-order valence-corrected chi connectivity index (χ4v) is 2.39. The molecule has 0 bridgehead atoms. The summed E-state index contributed by atoms with van der Waals surface area (Å²) in [5, 5.41) is 0. The molecule has 0 fully saturated rings.